The van der Waals surface area contributed by atoms with E-state index in [2.05, 4.69) is 27.5 Å². The number of anilines is 2. The minimum Gasteiger partial charge on any atom is -0.382 e. The molecule has 0 saturated carbocycles. The van der Waals surface area contributed by atoms with Gasteiger partial charge in [-0.1, -0.05) is 41.7 Å². The van der Waals surface area contributed by atoms with E-state index in [1.807, 2.05) is 48.5 Å². The summed E-state index contributed by atoms with van der Waals surface area (Å²) in [5.74, 6) is 0.387. The number of thiazole rings is 1. The minimum atomic E-state index is 0.387. The van der Waals surface area contributed by atoms with Crippen LogP contribution in [0.25, 0.3) is 15.9 Å². The lowest BCUT2D eigenvalue weighted by atomic mass is 10.1. The van der Waals surface area contributed by atoms with E-state index in [9.17, 15) is 5.26 Å². The van der Waals surface area contributed by atoms with Gasteiger partial charge in [-0.25, -0.2) is 9.67 Å². The van der Waals surface area contributed by atoms with Gasteiger partial charge in [-0.15, -0.1) is 0 Å². The van der Waals surface area contributed by atoms with Gasteiger partial charge in [-0.2, -0.15) is 10.4 Å². The molecule has 0 bridgehead atoms. The first-order valence-electron chi connectivity index (χ1n) is 8.68. The predicted molar refractivity (Wildman–Crippen MR) is 109 cm³/mol. The monoisotopic (exact) mass is 374 g/mol. The maximum Gasteiger partial charge on any atom is 0.183 e. The van der Waals surface area contributed by atoms with Crippen molar-refractivity contribution in [1.82, 2.24) is 14.8 Å². The molecule has 0 aliphatic carbocycles. The largest absolute Gasteiger partial charge is 0.382 e. The number of nitrogen functional groups attached to an aromatic ring is 1. The Labute approximate surface area is 160 Å². The van der Waals surface area contributed by atoms with E-state index in [4.69, 9.17) is 5.73 Å². The van der Waals surface area contributed by atoms with Gasteiger partial charge in [0, 0.05) is 6.54 Å². The van der Waals surface area contributed by atoms with Crippen molar-refractivity contribution in [3.8, 4) is 11.8 Å². The summed E-state index contributed by atoms with van der Waals surface area (Å²) in [6, 6.07) is 19.9. The van der Waals surface area contributed by atoms with Crippen LogP contribution < -0.4 is 11.1 Å². The van der Waals surface area contributed by atoms with Gasteiger partial charge < -0.3 is 11.1 Å². The zero-order valence-electron chi connectivity index (χ0n) is 14.6. The third-order valence-electron chi connectivity index (χ3n) is 4.27. The number of para-hydroxylation sites is 2. The average Bonchev–Trinajstić information content (AvgIpc) is 3.26. The van der Waals surface area contributed by atoms with E-state index in [1.165, 1.54) is 4.70 Å². The second-order valence-corrected chi connectivity index (χ2v) is 7.11. The standard InChI is InChI=1S/C20H18N6S/c21-13-15-16(25-26(19(15)22)14-7-2-1-3-8-14)10-6-12-23-20-24-17-9-4-5-11-18(17)27-20/h1-5,7-9,11H,6,10,12,22H2,(H,23,24). The number of hydrogen-bond acceptors (Lipinski definition) is 6. The van der Waals surface area contributed by atoms with Gasteiger partial charge in [-0.3, -0.25) is 0 Å². The Morgan fingerprint density at radius 3 is 2.67 bits per heavy atom. The Morgan fingerprint density at radius 1 is 1.11 bits per heavy atom. The Kier molecular flexibility index (Phi) is 4.73. The number of nitrogens with one attached hydrogen (secondary N) is 1. The Balaban J connectivity index is 1.43. The quantitative estimate of drug-likeness (QED) is 0.498. The molecule has 0 spiro atoms. The molecule has 0 aliphatic heterocycles. The summed E-state index contributed by atoms with van der Waals surface area (Å²) < 4.78 is 2.80. The molecule has 0 fully saturated rings. The van der Waals surface area contributed by atoms with E-state index in [0.29, 0.717) is 17.8 Å². The summed E-state index contributed by atoms with van der Waals surface area (Å²) in [6.45, 7) is 0.753. The molecule has 0 radical (unpaired) electrons. The van der Waals surface area contributed by atoms with Crippen molar-refractivity contribution in [3.05, 3.63) is 65.9 Å². The molecular formula is C20H18N6S. The molecule has 0 saturated heterocycles. The van der Waals surface area contributed by atoms with Crippen molar-refractivity contribution >= 4 is 32.5 Å². The average molecular weight is 374 g/mol. The lowest BCUT2D eigenvalue weighted by molar-refractivity contribution is 0.790. The number of nitrogens with two attached hydrogens (primary N) is 1. The highest BCUT2D eigenvalue weighted by Crippen LogP contribution is 2.25. The molecule has 134 valence electrons. The molecule has 0 unspecified atom stereocenters. The third-order valence-corrected chi connectivity index (χ3v) is 5.26. The third kappa shape index (κ3) is 3.48. The van der Waals surface area contributed by atoms with Gasteiger partial charge in [0.25, 0.3) is 0 Å². The molecule has 4 aromatic rings. The fraction of sp³-hybridized carbons (Fsp3) is 0.150. The first-order valence-corrected chi connectivity index (χ1v) is 9.50. The van der Waals surface area contributed by atoms with E-state index in [1.54, 1.807) is 16.0 Å². The van der Waals surface area contributed by atoms with Crippen molar-refractivity contribution in [2.24, 2.45) is 0 Å². The molecule has 0 aliphatic rings. The maximum absolute atomic E-state index is 9.47. The number of benzene rings is 2. The van der Waals surface area contributed by atoms with Crippen LogP contribution in [0.3, 0.4) is 0 Å². The van der Waals surface area contributed by atoms with Crippen molar-refractivity contribution < 1.29 is 0 Å². The number of fused-ring (bicyclic) bond motifs is 1. The molecule has 2 aromatic carbocycles. The summed E-state index contributed by atoms with van der Waals surface area (Å²) in [6.07, 6.45) is 1.50. The van der Waals surface area contributed by atoms with Crippen molar-refractivity contribution in [1.29, 1.82) is 5.26 Å². The van der Waals surface area contributed by atoms with Crippen LogP contribution >= 0.6 is 11.3 Å². The Hall–Kier alpha value is -3.37. The summed E-state index contributed by atoms with van der Waals surface area (Å²) in [5.41, 5.74) is 9.18. The molecule has 2 heterocycles. The lowest BCUT2D eigenvalue weighted by Crippen LogP contribution is -2.04. The highest BCUT2D eigenvalue weighted by molar-refractivity contribution is 7.22. The smallest absolute Gasteiger partial charge is 0.183 e. The van der Waals surface area contributed by atoms with Crippen LogP contribution in [-0.4, -0.2) is 21.3 Å². The number of nitrogens with zero attached hydrogens (tertiary/aromatic N) is 4. The normalized spacial score (nSPS) is 10.8. The SMILES string of the molecule is N#Cc1c(CCCNc2nc3ccccc3s2)nn(-c2ccccc2)c1N. The minimum absolute atomic E-state index is 0.387. The first-order chi connectivity index (χ1) is 13.3. The molecule has 2 aromatic heterocycles. The zero-order valence-corrected chi connectivity index (χ0v) is 15.4. The summed E-state index contributed by atoms with van der Waals surface area (Å²) >= 11 is 1.64. The van der Waals surface area contributed by atoms with Crippen molar-refractivity contribution in [3.63, 3.8) is 0 Å². The fourth-order valence-electron chi connectivity index (χ4n) is 2.94. The Morgan fingerprint density at radius 2 is 1.89 bits per heavy atom. The molecule has 0 atom stereocenters. The molecular weight excluding hydrogens is 356 g/mol. The number of hydrogen-bond donors (Lipinski definition) is 2. The van der Waals surface area contributed by atoms with Crippen LogP contribution in [-0.2, 0) is 6.42 Å². The molecule has 7 heteroatoms. The number of aromatic nitrogens is 3. The van der Waals surface area contributed by atoms with Gasteiger partial charge in [0.2, 0.25) is 0 Å². The highest BCUT2D eigenvalue weighted by atomic mass is 32.1. The van der Waals surface area contributed by atoms with Crippen LogP contribution in [0.2, 0.25) is 0 Å². The maximum atomic E-state index is 9.47. The number of nitriles is 1. The zero-order chi connectivity index (χ0) is 18.6. The Bertz CT molecular complexity index is 1070. The van der Waals surface area contributed by atoms with E-state index >= 15 is 0 Å². The van der Waals surface area contributed by atoms with Crippen LogP contribution in [0.1, 0.15) is 17.7 Å². The van der Waals surface area contributed by atoms with Crippen LogP contribution in [0.15, 0.2) is 54.6 Å². The summed E-state index contributed by atoms with van der Waals surface area (Å²) in [5, 5.41) is 18.3. The van der Waals surface area contributed by atoms with Gasteiger partial charge in [-0.05, 0) is 37.1 Å². The van der Waals surface area contributed by atoms with Gasteiger partial charge in [0.05, 0.1) is 21.6 Å². The predicted octanol–water partition coefficient (Wildman–Crippen LogP) is 3.98. The molecule has 3 N–H and O–H groups in total. The van der Waals surface area contributed by atoms with E-state index in [0.717, 1.165) is 35.0 Å². The van der Waals surface area contributed by atoms with Gasteiger partial charge >= 0.3 is 0 Å². The van der Waals surface area contributed by atoms with Crippen molar-refractivity contribution in [2.75, 3.05) is 17.6 Å². The van der Waals surface area contributed by atoms with Gasteiger partial charge in [0.1, 0.15) is 17.5 Å². The highest BCUT2D eigenvalue weighted by Gasteiger charge is 2.16. The van der Waals surface area contributed by atoms with E-state index < -0.39 is 0 Å². The van der Waals surface area contributed by atoms with Crippen LogP contribution in [0.5, 0.6) is 0 Å². The molecule has 4 rings (SSSR count). The van der Waals surface area contributed by atoms with Crippen LogP contribution in [0.4, 0.5) is 10.9 Å². The number of rotatable bonds is 6. The first kappa shape index (κ1) is 17.1. The molecule has 0 amide bonds. The second kappa shape index (κ2) is 7.48. The fourth-order valence-corrected chi connectivity index (χ4v) is 3.83. The molecule has 27 heavy (non-hydrogen) atoms. The van der Waals surface area contributed by atoms with Crippen molar-refractivity contribution in [2.45, 2.75) is 12.8 Å². The number of aryl methyl sites for hydroxylation is 1. The summed E-state index contributed by atoms with van der Waals surface area (Å²) in [7, 11) is 0. The second-order valence-electron chi connectivity index (χ2n) is 6.08. The van der Waals surface area contributed by atoms with E-state index in [-0.39, 0.29) is 0 Å². The summed E-state index contributed by atoms with van der Waals surface area (Å²) in [4.78, 5) is 4.56. The van der Waals surface area contributed by atoms with Gasteiger partial charge in [0.15, 0.2) is 5.13 Å². The lowest BCUT2D eigenvalue weighted by Gasteiger charge is -2.02. The van der Waals surface area contributed by atoms with Crippen LogP contribution in [0, 0.1) is 11.3 Å². The topological polar surface area (TPSA) is 92.5 Å². The molecule has 6 nitrogen and oxygen atoms in total.